The number of benzene rings is 3. The third-order valence-electron chi connectivity index (χ3n) is 6.43. The van der Waals surface area contributed by atoms with Crippen molar-refractivity contribution in [3.05, 3.63) is 92.9 Å². The largest absolute Gasteiger partial charge is 0.426 e. The van der Waals surface area contributed by atoms with Crippen molar-refractivity contribution in [1.29, 1.82) is 0 Å². The Balaban J connectivity index is 1.62. The van der Waals surface area contributed by atoms with Crippen LogP contribution in [0.15, 0.2) is 81.7 Å². The van der Waals surface area contributed by atoms with Crippen molar-refractivity contribution >= 4 is 49.6 Å². The summed E-state index contributed by atoms with van der Waals surface area (Å²) in [6.07, 6.45) is 0. The van der Waals surface area contributed by atoms with Gasteiger partial charge < -0.3 is 9.47 Å². The number of ketones is 1. The first-order valence-corrected chi connectivity index (χ1v) is 11.5. The normalized spacial score (nSPS) is 25.2. The standard InChI is InChI=1S/C25H16Br2O5/c1-24(21(28)14-6-8-15(26)9-7-14)20-18-4-2-3-5-19(18)32-23(30)25(20,24)22(29)31-17-12-10-16(27)11-13-17/h2-13,20H,1H3/t20-,24+,25-/m0/s1. The average Bonchev–Trinajstić information content (AvgIpc) is 3.39. The molecule has 3 aromatic rings. The number of rotatable bonds is 4. The number of fused-ring (bicyclic) bond motifs is 3. The van der Waals surface area contributed by atoms with Crippen LogP contribution >= 0.6 is 31.9 Å². The van der Waals surface area contributed by atoms with Gasteiger partial charge in [0.25, 0.3) is 0 Å². The van der Waals surface area contributed by atoms with Gasteiger partial charge in [-0.1, -0.05) is 62.2 Å². The van der Waals surface area contributed by atoms with E-state index < -0.39 is 28.7 Å². The van der Waals surface area contributed by atoms with Crippen LogP contribution in [0, 0.1) is 10.8 Å². The molecule has 0 N–H and O–H groups in total. The number of hydrogen-bond donors (Lipinski definition) is 0. The van der Waals surface area contributed by atoms with Crippen molar-refractivity contribution in [2.45, 2.75) is 12.8 Å². The van der Waals surface area contributed by atoms with E-state index in [4.69, 9.17) is 9.47 Å². The van der Waals surface area contributed by atoms with E-state index in [1.165, 1.54) is 0 Å². The van der Waals surface area contributed by atoms with Crippen LogP contribution in [0.1, 0.15) is 28.8 Å². The summed E-state index contributed by atoms with van der Waals surface area (Å²) in [6.45, 7) is 1.65. The van der Waals surface area contributed by atoms with Gasteiger partial charge in [0, 0.05) is 26.0 Å². The molecule has 160 valence electrons. The number of carbonyl (C=O) groups excluding carboxylic acids is 3. The van der Waals surface area contributed by atoms with Crippen LogP contribution in [0.25, 0.3) is 0 Å². The number of esters is 2. The highest BCUT2D eigenvalue weighted by Gasteiger charge is 2.89. The van der Waals surface area contributed by atoms with Crippen LogP contribution < -0.4 is 9.47 Å². The Morgan fingerprint density at radius 3 is 2.16 bits per heavy atom. The molecule has 5 rings (SSSR count). The van der Waals surface area contributed by atoms with Crippen molar-refractivity contribution in [2.24, 2.45) is 10.8 Å². The van der Waals surface area contributed by atoms with Crippen LogP contribution in [0.5, 0.6) is 11.5 Å². The van der Waals surface area contributed by atoms with Gasteiger partial charge in [-0.3, -0.25) is 14.4 Å². The third kappa shape index (κ3) is 2.84. The van der Waals surface area contributed by atoms with E-state index >= 15 is 0 Å². The summed E-state index contributed by atoms with van der Waals surface area (Å²) in [4.78, 5) is 40.6. The Bertz CT molecular complexity index is 1270. The predicted molar refractivity (Wildman–Crippen MR) is 124 cm³/mol. The SMILES string of the molecule is C[C@]1(C(=O)c2ccc(Br)cc2)[C@@H]2c3ccccc3OC(=O)[C@@]21C(=O)Oc1ccc(Br)cc1. The summed E-state index contributed by atoms with van der Waals surface area (Å²) < 4.78 is 12.8. The summed E-state index contributed by atoms with van der Waals surface area (Å²) in [5.41, 5.74) is -2.06. The third-order valence-corrected chi connectivity index (χ3v) is 7.48. The van der Waals surface area contributed by atoms with Gasteiger partial charge in [0.2, 0.25) is 0 Å². The lowest BCUT2D eigenvalue weighted by Crippen LogP contribution is -2.41. The van der Waals surface area contributed by atoms with Gasteiger partial charge in [0.15, 0.2) is 11.2 Å². The second-order valence-corrected chi connectivity index (χ2v) is 9.88. The molecule has 0 aromatic heterocycles. The molecule has 7 heteroatoms. The molecule has 5 nitrogen and oxygen atoms in total. The molecule has 2 aliphatic rings. The fourth-order valence-corrected chi connectivity index (χ4v) is 5.33. The predicted octanol–water partition coefficient (Wildman–Crippen LogP) is 5.71. The molecule has 0 radical (unpaired) electrons. The Labute approximate surface area is 201 Å². The van der Waals surface area contributed by atoms with E-state index in [2.05, 4.69) is 31.9 Å². The number of hydrogen-bond acceptors (Lipinski definition) is 5. The quantitative estimate of drug-likeness (QED) is 0.178. The van der Waals surface area contributed by atoms with Gasteiger partial charge in [0.05, 0.1) is 5.41 Å². The van der Waals surface area contributed by atoms with E-state index in [0.717, 1.165) is 8.95 Å². The van der Waals surface area contributed by atoms with Gasteiger partial charge in [-0.25, -0.2) is 0 Å². The molecular weight excluding hydrogens is 540 g/mol. The molecule has 3 aromatic carbocycles. The first kappa shape index (κ1) is 21.1. The first-order valence-electron chi connectivity index (χ1n) is 9.89. The summed E-state index contributed by atoms with van der Waals surface area (Å²) in [6, 6.07) is 20.5. The van der Waals surface area contributed by atoms with Crippen LogP contribution in [-0.4, -0.2) is 17.7 Å². The van der Waals surface area contributed by atoms with Gasteiger partial charge >= 0.3 is 11.9 Å². The second-order valence-electron chi connectivity index (χ2n) is 8.05. The zero-order valence-electron chi connectivity index (χ0n) is 16.8. The second kappa shape index (κ2) is 7.39. The van der Waals surface area contributed by atoms with Crippen molar-refractivity contribution in [2.75, 3.05) is 0 Å². The lowest BCUT2D eigenvalue weighted by Gasteiger charge is -2.22. The highest BCUT2D eigenvalue weighted by molar-refractivity contribution is 9.10. The molecule has 1 heterocycles. The zero-order valence-corrected chi connectivity index (χ0v) is 20.0. The fourth-order valence-electron chi connectivity index (χ4n) is 4.80. The molecular formula is C25H16Br2O5. The Morgan fingerprint density at radius 1 is 0.906 bits per heavy atom. The first-order chi connectivity index (χ1) is 15.3. The number of halogens is 2. The minimum Gasteiger partial charge on any atom is -0.426 e. The van der Waals surface area contributed by atoms with Crippen LogP contribution in [-0.2, 0) is 9.59 Å². The van der Waals surface area contributed by atoms with Crippen LogP contribution in [0.4, 0.5) is 0 Å². The van der Waals surface area contributed by atoms with E-state index in [0.29, 0.717) is 16.9 Å². The monoisotopic (exact) mass is 554 g/mol. The van der Waals surface area contributed by atoms with Gasteiger partial charge in [0.1, 0.15) is 11.5 Å². The molecule has 0 unspecified atom stereocenters. The Hall–Kier alpha value is -2.77. The minimum absolute atomic E-state index is 0.281. The molecule has 0 amide bonds. The molecule has 1 fully saturated rings. The minimum atomic E-state index is -1.77. The van der Waals surface area contributed by atoms with Gasteiger partial charge in [-0.2, -0.15) is 0 Å². The zero-order chi connectivity index (χ0) is 22.7. The van der Waals surface area contributed by atoms with E-state index in [1.807, 2.05) is 0 Å². The van der Waals surface area contributed by atoms with Crippen molar-refractivity contribution in [3.8, 4) is 11.5 Å². The highest BCUT2D eigenvalue weighted by atomic mass is 79.9. The van der Waals surface area contributed by atoms with E-state index in [-0.39, 0.29) is 11.5 Å². The van der Waals surface area contributed by atoms with E-state index in [9.17, 15) is 14.4 Å². The summed E-state index contributed by atoms with van der Waals surface area (Å²) in [5, 5.41) is 0. The Morgan fingerprint density at radius 2 is 1.50 bits per heavy atom. The molecule has 1 saturated carbocycles. The molecule has 0 spiro atoms. The van der Waals surface area contributed by atoms with Crippen LogP contribution in [0.2, 0.25) is 0 Å². The maximum absolute atomic E-state index is 13.7. The summed E-state index contributed by atoms with van der Waals surface area (Å²) >= 11 is 6.71. The number of ether oxygens (including phenoxy) is 2. The lowest BCUT2D eigenvalue weighted by molar-refractivity contribution is -0.156. The number of carbonyl (C=O) groups is 3. The van der Waals surface area contributed by atoms with Gasteiger partial charge in [-0.05, 0) is 49.4 Å². The molecule has 0 bridgehead atoms. The maximum atomic E-state index is 13.7. The van der Waals surface area contributed by atoms with Crippen molar-refractivity contribution in [3.63, 3.8) is 0 Å². The number of Topliss-reactive ketones (excluding diaryl/α,β-unsaturated/α-hetero) is 1. The molecule has 32 heavy (non-hydrogen) atoms. The van der Waals surface area contributed by atoms with Gasteiger partial charge in [-0.15, -0.1) is 0 Å². The fraction of sp³-hybridized carbons (Fsp3) is 0.160. The molecule has 0 saturated heterocycles. The number of para-hydroxylation sites is 1. The van der Waals surface area contributed by atoms with Crippen molar-refractivity contribution in [1.82, 2.24) is 0 Å². The molecule has 1 aliphatic heterocycles. The molecule has 1 aliphatic carbocycles. The molecule has 3 atom stereocenters. The van der Waals surface area contributed by atoms with Crippen molar-refractivity contribution < 1.29 is 23.9 Å². The topological polar surface area (TPSA) is 69.7 Å². The average molecular weight is 556 g/mol. The summed E-state index contributed by atoms with van der Waals surface area (Å²) in [7, 11) is 0. The maximum Gasteiger partial charge on any atom is 0.330 e. The van der Waals surface area contributed by atoms with E-state index in [1.54, 1.807) is 79.7 Å². The smallest absolute Gasteiger partial charge is 0.330 e. The summed E-state index contributed by atoms with van der Waals surface area (Å²) in [5.74, 6) is -1.92. The Kier molecular flexibility index (Phi) is 4.87. The highest BCUT2D eigenvalue weighted by Crippen LogP contribution is 2.78. The lowest BCUT2D eigenvalue weighted by atomic mass is 9.87. The van der Waals surface area contributed by atoms with Crippen LogP contribution in [0.3, 0.4) is 0 Å².